The molecule has 0 amide bonds. The van der Waals surface area contributed by atoms with Crippen LogP contribution in [0.25, 0.3) is 0 Å². The van der Waals surface area contributed by atoms with Crippen molar-refractivity contribution in [2.45, 2.75) is 0 Å². The van der Waals surface area contributed by atoms with Crippen molar-refractivity contribution in [1.29, 1.82) is 0 Å². The van der Waals surface area contributed by atoms with Gasteiger partial charge in [-0.2, -0.15) is 0 Å². The first-order valence-corrected chi connectivity index (χ1v) is 9.94. The predicted octanol–water partition coefficient (Wildman–Crippen LogP) is 3.45. The summed E-state index contributed by atoms with van der Waals surface area (Å²) in [7, 11) is -3.28. The van der Waals surface area contributed by atoms with Crippen molar-refractivity contribution in [2.75, 3.05) is 33.1 Å². The van der Waals surface area contributed by atoms with Crippen molar-refractivity contribution in [3.8, 4) is 0 Å². The SMILES string of the molecule is O=P(OCCI)(OCCI)OCCI. The molecule has 0 aliphatic rings. The normalized spacial score (nSPS) is 11.9. The molecule has 0 unspecified atom stereocenters. The van der Waals surface area contributed by atoms with Crippen molar-refractivity contribution >= 4 is 75.6 Å². The third kappa shape index (κ3) is 8.45. The lowest BCUT2D eigenvalue weighted by Crippen LogP contribution is -2.05. The zero-order valence-corrected chi connectivity index (χ0v) is 14.8. The molecule has 0 saturated heterocycles. The summed E-state index contributed by atoms with van der Waals surface area (Å²) in [6.45, 7) is 1.17. The van der Waals surface area contributed by atoms with Gasteiger partial charge < -0.3 is 0 Å². The minimum absolute atomic E-state index is 0.389. The van der Waals surface area contributed by atoms with Gasteiger partial charge in [-0.05, 0) is 0 Å². The van der Waals surface area contributed by atoms with Gasteiger partial charge in [0.1, 0.15) is 0 Å². The summed E-state index contributed by atoms with van der Waals surface area (Å²) in [4.78, 5) is 0. The van der Waals surface area contributed by atoms with E-state index >= 15 is 0 Å². The number of alkyl halides is 3. The molecular formula is C6H12I3O4P. The van der Waals surface area contributed by atoms with Crippen LogP contribution in [0.2, 0.25) is 0 Å². The average Bonchev–Trinajstić information content (AvgIpc) is 2.21. The zero-order valence-electron chi connectivity index (χ0n) is 7.46. The summed E-state index contributed by atoms with van der Waals surface area (Å²) in [5.74, 6) is 0. The molecule has 0 radical (unpaired) electrons. The molecular weight excluding hydrogens is 548 g/mol. The van der Waals surface area contributed by atoms with Gasteiger partial charge in [-0.1, -0.05) is 67.8 Å². The highest BCUT2D eigenvalue weighted by Crippen LogP contribution is 2.49. The second-order valence-electron chi connectivity index (χ2n) is 2.01. The van der Waals surface area contributed by atoms with Crippen molar-refractivity contribution < 1.29 is 18.1 Å². The van der Waals surface area contributed by atoms with Crippen LogP contribution >= 0.6 is 75.6 Å². The van der Waals surface area contributed by atoms with Gasteiger partial charge in [-0.15, -0.1) is 0 Å². The van der Waals surface area contributed by atoms with Gasteiger partial charge in [0.05, 0.1) is 19.8 Å². The second kappa shape index (κ2) is 10.5. The molecule has 0 aliphatic heterocycles. The molecule has 14 heavy (non-hydrogen) atoms. The lowest BCUT2D eigenvalue weighted by atomic mass is 10.9. The molecule has 86 valence electrons. The molecule has 4 nitrogen and oxygen atoms in total. The Balaban J connectivity index is 3.97. The van der Waals surface area contributed by atoms with Gasteiger partial charge in [-0.3, -0.25) is 13.6 Å². The van der Waals surface area contributed by atoms with Crippen LogP contribution in [-0.2, 0) is 18.1 Å². The molecule has 8 heteroatoms. The minimum atomic E-state index is -3.28. The summed E-state index contributed by atoms with van der Waals surface area (Å²) < 4.78 is 29.4. The molecule has 0 atom stereocenters. The van der Waals surface area contributed by atoms with Crippen molar-refractivity contribution in [3.05, 3.63) is 0 Å². The van der Waals surface area contributed by atoms with Crippen LogP contribution in [-0.4, -0.2) is 33.1 Å². The van der Waals surface area contributed by atoms with Crippen LogP contribution in [0.5, 0.6) is 0 Å². The van der Waals surface area contributed by atoms with E-state index in [1.54, 1.807) is 0 Å². The van der Waals surface area contributed by atoms with E-state index in [0.717, 1.165) is 13.3 Å². The van der Waals surface area contributed by atoms with E-state index in [0.29, 0.717) is 19.8 Å². The lowest BCUT2D eigenvalue weighted by molar-refractivity contribution is 0.130. The standard InChI is InChI=1S/C6H12I3O4P/c7-1-4-11-14(10,12-5-2-8)13-6-3-9/h1-6H2. The summed E-state index contributed by atoms with van der Waals surface area (Å²) in [6, 6.07) is 0. The zero-order chi connectivity index (χ0) is 10.9. The van der Waals surface area contributed by atoms with Crippen LogP contribution in [0, 0.1) is 0 Å². The highest BCUT2D eigenvalue weighted by molar-refractivity contribution is 14.1. The number of halogens is 3. The highest BCUT2D eigenvalue weighted by Gasteiger charge is 2.25. The Bertz CT molecular complexity index is 152. The molecule has 0 fully saturated rings. The maximum Gasteiger partial charge on any atom is 0.474 e. The molecule has 0 aromatic rings. The van der Waals surface area contributed by atoms with Gasteiger partial charge in [0.15, 0.2) is 0 Å². The molecule has 0 saturated carbocycles. The van der Waals surface area contributed by atoms with Crippen LogP contribution in [0.1, 0.15) is 0 Å². The lowest BCUT2D eigenvalue weighted by Gasteiger charge is -2.16. The van der Waals surface area contributed by atoms with Gasteiger partial charge in [-0.25, -0.2) is 4.57 Å². The summed E-state index contributed by atoms with van der Waals surface area (Å²) in [5, 5.41) is 0. The van der Waals surface area contributed by atoms with Gasteiger partial charge in [0.2, 0.25) is 0 Å². The highest BCUT2D eigenvalue weighted by atomic mass is 127. The first kappa shape index (κ1) is 16.3. The Morgan fingerprint density at radius 2 is 1.07 bits per heavy atom. The fourth-order valence-electron chi connectivity index (χ4n) is 0.551. The monoisotopic (exact) mass is 560 g/mol. The number of hydrogen-bond donors (Lipinski definition) is 0. The van der Waals surface area contributed by atoms with Crippen LogP contribution in [0.4, 0.5) is 0 Å². The summed E-state index contributed by atoms with van der Waals surface area (Å²) in [5.41, 5.74) is 0. The van der Waals surface area contributed by atoms with Crippen LogP contribution in [0.3, 0.4) is 0 Å². The number of phosphoric ester groups is 1. The van der Waals surface area contributed by atoms with E-state index in [9.17, 15) is 4.57 Å². The quantitative estimate of drug-likeness (QED) is 0.247. The topological polar surface area (TPSA) is 44.8 Å². The number of rotatable bonds is 9. The van der Waals surface area contributed by atoms with Crippen LogP contribution < -0.4 is 0 Å². The summed E-state index contributed by atoms with van der Waals surface area (Å²) in [6.07, 6.45) is 0. The minimum Gasteiger partial charge on any atom is -0.286 e. The Morgan fingerprint density at radius 1 is 0.786 bits per heavy atom. The first-order valence-electron chi connectivity index (χ1n) is 3.90. The van der Waals surface area contributed by atoms with Crippen LogP contribution in [0.15, 0.2) is 0 Å². The molecule has 0 N–H and O–H groups in total. The third-order valence-corrected chi connectivity index (χ3v) is 3.80. The fraction of sp³-hybridized carbons (Fsp3) is 1.00. The Kier molecular flexibility index (Phi) is 12.2. The smallest absolute Gasteiger partial charge is 0.286 e. The van der Waals surface area contributed by atoms with Crippen molar-refractivity contribution in [2.24, 2.45) is 0 Å². The second-order valence-corrected chi connectivity index (χ2v) is 6.92. The van der Waals surface area contributed by atoms with Gasteiger partial charge >= 0.3 is 7.82 Å². The van der Waals surface area contributed by atoms with Crippen molar-refractivity contribution in [1.82, 2.24) is 0 Å². The van der Waals surface area contributed by atoms with E-state index in [1.807, 2.05) is 0 Å². The molecule has 0 aliphatic carbocycles. The predicted molar refractivity (Wildman–Crippen MR) is 82.1 cm³/mol. The number of phosphoric acid groups is 1. The average molecular weight is 560 g/mol. The van der Waals surface area contributed by atoms with E-state index in [1.165, 1.54) is 0 Å². The van der Waals surface area contributed by atoms with E-state index in [2.05, 4.69) is 67.8 Å². The van der Waals surface area contributed by atoms with Crippen molar-refractivity contribution in [3.63, 3.8) is 0 Å². The molecule has 0 aromatic heterocycles. The Morgan fingerprint density at radius 3 is 1.29 bits per heavy atom. The molecule has 0 aromatic carbocycles. The van der Waals surface area contributed by atoms with E-state index < -0.39 is 7.82 Å². The molecule has 0 rings (SSSR count). The Labute approximate surface area is 125 Å². The third-order valence-electron chi connectivity index (χ3n) is 0.980. The summed E-state index contributed by atoms with van der Waals surface area (Å²) >= 11 is 6.43. The molecule has 0 bridgehead atoms. The molecule has 0 heterocycles. The first-order chi connectivity index (χ1) is 6.68. The van der Waals surface area contributed by atoms with Gasteiger partial charge in [0.25, 0.3) is 0 Å². The van der Waals surface area contributed by atoms with E-state index in [-0.39, 0.29) is 0 Å². The number of hydrogen-bond acceptors (Lipinski definition) is 4. The maximum atomic E-state index is 11.8. The fourth-order valence-corrected chi connectivity index (χ4v) is 3.42. The molecule has 0 spiro atoms. The van der Waals surface area contributed by atoms with Gasteiger partial charge in [0, 0.05) is 13.3 Å². The van der Waals surface area contributed by atoms with E-state index in [4.69, 9.17) is 13.6 Å². The largest absolute Gasteiger partial charge is 0.474 e. The Hall–Kier alpha value is 2.30. The maximum absolute atomic E-state index is 11.8.